The molecule has 0 bridgehead atoms. The molecule has 9 nitrogen and oxygen atoms in total. The van der Waals surface area contributed by atoms with Crippen molar-refractivity contribution in [1.29, 1.82) is 0 Å². The molecule has 33 heavy (non-hydrogen) atoms. The lowest BCUT2D eigenvalue weighted by Gasteiger charge is -2.21. The fourth-order valence-corrected chi connectivity index (χ4v) is 2.73. The number of unbranched alkanes of at least 4 members (excludes halogenated alkanes) is 2. The van der Waals surface area contributed by atoms with Crippen LogP contribution in [0, 0.1) is 5.92 Å². The van der Waals surface area contributed by atoms with Crippen molar-refractivity contribution in [3.05, 3.63) is 35.9 Å². The van der Waals surface area contributed by atoms with Crippen LogP contribution in [-0.2, 0) is 30.5 Å². The summed E-state index contributed by atoms with van der Waals surface area (Å²) in [6, 6.07) is 9.43. The zero-order chi connectivity index (χ0) is 24.6. The van der Waals surface area contributed by atoms with Gasteiger partial charge in [-0.25, -0.2) is 4.79 Å². The first kappa shape index (κ1) is 27.9. The second kappa shape index (κ2) is 15.7. The molecule has 1 aromatic carbocycles. The molecule has 0 saturated carbocycles. The summed E-state index contributed by atoms with van der Waals surface area (Å²) in [6.45, 7) is 4.62. The third-order valence-electron chi connectivity index (χ3n) is 4.72. The van der Waals surface area contributed by atoms with Crippen molar-refractivity contribution in [2.75, 3.05) is 40.3 Å². The molecular weight excluding hydrogens is 426 g/mol. The van der Waals surface area contributed by atoms with Gasteiger partial charge in [0.1, 0.15) is 13.2 Å². The third-order valence-corrected chi connectivity index (χ3v) is 4.72. The van der Waals surface area contributed by atoms with Gasteiger partial charge in [0.15, 0.2) is 0 Å². The van der Waals surface area contributed by atoms with Crippen molar-refractivity contribution in [3.63, 3.8) is 0 Å². The maximum atomic E-state index is 12.2. The van der Waals surface area contributed by atoms with Gasteiger partial charge in [-0.05, 0) is 24.3 Å². The van der Waals surface area contributed by atoms with Crippen molar-refractivity contribution >= 4 is 23.9 Å². The Morgan fingerprint density at radius 3 is 2.21 bits per heavy atom. The average Bonchev–Trinajstić information content (AvgIpc) is 2.78. The molecule has 0 heterocycles. The number of benzene rings is 1. The predicted molar refractivity (Wildman–Crippen MR) is 124 cm³/mol. The maximum Gasteiger partial charge on any atom is 0.407 e. The summed E-state index contributed by atoms with van der Waals surface area (Å²) in [5.74, 6) is -0.714. The Balaban J connectivity index is 2.12. The highest BCUT2D eigenvalue weighted by Crippen LogP contribution is 2.04. The average molecular weight is 464 g/mol. The van der Waals surface area contributed by atoms with Gasteiger partial charge < -0.3 is 24.6 Å². The van der Waals surface area contributed by atoms with E-state index < -0.39 is 12.1 Å². The molecule has 0 aliphatic carbocycles. The summed E-state index contributed by atoms with van der Waals surface area (Å²) < 4.78 is 10.2. The summed E-state index contributed by atoms with van der Waals surface area (Å²) in [6.07, 6.45) is 1.97. The molecule has 0 aliphatic heterocycles. The second-order valence-electron chi connectivity index (χ2n) is 8.38. The zero-order valence-electron chi connectivity index (χ0n) is 20.2. The molecule has 0 spiro atoms. The van der Waals surface area contributed by atoms with Gasteiger partial charge in [-0.3, -0.25) is 14.4 Å². The number of hydrogen-bond acceptors (Lipinski definition) is 6. The number of likely N-dealkylation sites (N-methyl/N-ethyl adjacent to an activating group) is 2. The van der Waals surface area contributed by atoms with Crippen LogP contribution in [0.4, 0.5) is 4.79 Å². The molecule has 1 aromatic rings. The van der Waals surface area contributed by atoms with E-state index in [2.05, 4.69) is 5.32 Å². The summed E-state index contributed by atoms with van der Waals surface area (Å²) in [7, 11) is 3.07. The quantitative estimate of drug-likeness (QED) is 0.336. The predicted octanol–water partition coefficient (Wildman–Crippen LogP) is 2.59. The molecule has 1 N–H and O–H groups in total. The van der Waals surface area contributed by atoms with Gasteiger partial charge >= 0.3 is 12.1 Å². The van der Waals surface area contributed by atoms with Crippen molar-refractivity contribution in [1.82, 2.24) is 15.1 Å². The van der Waals surface area contributed by atoms with Crippen LogP contribution in [0.25, 0.3) is 0 Å². The first-order valence-electron chi connectivity index (χ1n) is 11.3. The van der Waals surface area contributed by atoms with Crippen LogP contribution in [0.1, 0.15) is 45.1 Å². The number of carbonyl (C=O) groups is 4. The topological polar surface area (TPSA) is 105 Å². The fraction of sp³-hybridized carbons (Fsp3) is 0.583. The van der Waals surface area contributed by atoms with E-state index in [-0.39, 0.29) is 37.4 Å². The van der Waals surface area contributed by atoms with Gasteiger partial charge in [-0.1, -0.05) is 50.6 Å². The number of ether oxygens (including phenoxy) is 2. The number of hydrogen-bond donors (Lipinski definition) is 1. The zero-order valence-corrected chi connectivity index (χ0v) is 20.2. The van der Waals surface area contributed by atoms with Gasteiger partial charge in [0, 0.05) is 27.1 Å². The Kier molecular flexibility index (Phi) is 13.3. The third kappa shape index (κ3) is 13.1. The first-order chi connectivity index (χ1) is 15.7. The van der Waals surface area contributed by atoms with E-state index >= 15 is 0 Å². The molecular formula is C24H37N3O6. The highest BCUT2D eigenvalue weighted by atomic mass is 16.5. The molecule has 9 heteroatoms. The molecule has 0 radical (unpaired) electrons. The van der Waals surface area contributed by atoms with Crippen LogP contribution >= 0.6 is 0 Å². The normalized spacial score (nSPS) is 10.5. The summed E-state index contributed by atoms with van der Waals surface area (Å²) in [5, 5.41) is 2.69. The maximum absolute atomic E-state index is 12.2. The monoisotopic (exact) mass is 463 g/mol. The van der Waals surface area contributed by atoms with Gasteiger partial charge in [0.05, 0.1) is 13.2 Å². The minimum Gasteiger partial charge on any atom is -0.464 e. The van der Waals surface area contributed by atoms with Crippen LogP contribution in [0.2, 0.25) is 0 Å². The van der Waals surface area contributed by atoms with Gasteiger partial charge in [0.25, 0.3) is 0 Å². The molecule has 0 aliphatic rings. The van der Waals surface area contributed by atoms with Crippen molar-refractivity contribution < 1.29 is 28.7 Å². The molecule has 0 saturated heterocycles. The van der Waals surface area contributed by atoms with Gasteiger partial charge in [-0.15, -0.1) is 0 Å². The minimum atomic E-state index is -0.467. The summed E-state index contributed by atoms with van der Waals surface area (Å²) >= 11 is 0. The van der Waals surface area contributed by atoms with Crippen LogP contribution in [0.15, 0.2) is 30.3 Å². The van der Waals surface area contributed by atoms with Crippen LogP contribution < -0.4 is 5.32 Å². The van der Waals surface area contributed by atoms with Crippen molar-refractivity contribution in [3.8, 4) is 0 Å². The molecule has 184 valence electrons. The van der Waals surface area contributed by atoms with E-state index in [1.807, 2.05) is 44.2 Å². The SMILES string of the molecule is CC(C)COC(=O)CN(C)C(=O)CN(C)C(=O)CCCCCNC(=O)OCc1ccccc1. The molecule has 0 fully saturated rings. The smallest absolute Gasteiger partial charge is 0.407 e. The Morgan fingerprint density at radius 1 is 0.879 bits per heavy atom. The van der Waals surface area contributed by atoms with E-state index in [1.165, 1.54) is 16.8 Å². The van der Waals surface area contributed by atoms with E-state index in [1.54, 1.807) is 7.05 Å². The number of alkyl carbamates (subject to hydrolysis) is 1. The highest BCUT2D eigenvalue weighted by Gasteiger charge is 2.18. The number of amides is 3. The van der Waals surface area contributed by atoms with E-state index in [0.29, 0.717) is 26.0 Å². The fourth-order valence-electron chi connectivity index (χ4n) is 2.73. The first-order valence-corrected chi connectivity index (χ1v) is 11.3. The number of nitrogens with zero attached hydrogens (tertiary/aromatic N) is 2. The lowest BCUT2D eigenvalue weighted by atomic mass is 10.2. The highest BCUT2D eigenvalue weighted by molar-refractivity contribution is 5.86. The Morgan fingerprint density at radius 2 is 1.55 bits per heavy atom. The summed E-state index contributed by atoms with van der Waals surface area (Å²) in [5.41, 5.74) is 0.922. The molecule has 0 unspecified atom stereocenters. The molecule has 3 amide bonds. The number of nitrogens with one attached hydrogen (secondary N) is 1. The lowest BCUT2D eigenvalue weighted by Crippen LogP contribution is -2.41. The molecule has 0 atom stereocenters. The molecule has 0 aromatic heterocycles. The van der Waals surface area contributed by atoms with E-state index in [4.69, 9.17) is 9.47 Å². The van der Waals surface area contributed by atoms with E-state index in [0.717, 1.165) is 18.4 Å². The lowest BCUT2D eigenvalue weighted by molar-refractivity contribution is -0.150. The standard InChI is InChI=1S/C24H37N3O6/c1-19(2)17-32-23(30)16-27(4)22(29)15-26(3)21(28)13-9-6-10-14-25-24(31)33-18-20-11-7-5-8-12-20/h5,7-8,11-12,19H,6,9-10,13-18H2,1-4H3,(H,25,31). The second-order valence-corrected chi connectivity index (χ2v) is 8.38. The van der Waals surface area contributed by atoms with Crippen LogP contribution in [0.3, 0.4) is 0 Å². The van der Waals surface area contributed by atoms with Crippen LogP contribution in [-0.4, -0.2) is 74.0 Å². The van der Waals surface area contributed by atoms with Crippen LogP contribution in [0.5, 0.6) is 0 Å². The minimum absolute atomic E-state index is 0.0956. The Hall–Kier alpha value is -3.10. The largest absolute Gasteiger partial charge is 0.464 e. The molecule has 1 rings (SSSR count). The number of carbonyl (C=O) groups excluding carboxylic acids is 4. The Bertz CT molecular complexity index is 754. The van der Waals surface area contributed by atoms with Crippen molar-refractivity contribution in [2.45, 2.75) is 46.1 Å². The summed E-state index contributed by atoms with van der Waals surface area (Å²) in [4.78, 5) is 50.5. The Labute approximate surface area is 196 Å². The van der Waals surface area contributed by atoms with Gasteiger partial charge in [0.2, 0.25) is 11.8 Å². The van der Waals surface area contributed by atoms with Gasteiger partial charge in [-0.2, -0.15) is 0 Å². The number of rotatable bonds is 14. The number of esters is 1. The van der Waals surface area contributed by atoms with Crippen molar-refractivity contribution in [2.24, 2.45) is 5.92 Å². The van der Waals surface area contributed by atoms with E-state index in [9.17, 15) is 19.2 Å².